The molecule has 10 rings (SSSR count). The second-order valence-corrected chi connectivity index (χ2v) is 13.5. The predicted molar refractivity (Wildman–Crippen MR) is 221 cm³/mol. The molecule has 0 aliphatic heterocycles. The first-order valence-corrected chi connectivity index (χ1v) is 18.1. The molecule has 7 aromatic carbocycles. The van der Waals surface area contributed by atoms with Crippen molar-refractivity contribution in [2.75, 3.05) is 0 Å². The van der Waals surface area contributed by atoms with Gasteiger partial charge in [-0.2, -0.15) is 15.8 Å². The highest BCUT2D eigenvalue weighted by Crippen LogP contribution is 2.44. The number of benzene rings is 7. The van der Waals surface area contributed by atoms with E-state index in [0.29, 0.717) is 28.5 Å². The first kappa shape index (κ1) is 32.3. The fraction of sp³-hybridized carbons (Fsp3) is 0. The van der Waals surface area contributed by atoms with E-state index in [1.165, 1.54) is 0 Å². The Morgan fingerprint density at radius 1 is 0.429 bits per heavy atom. The van der Waals surface area contributed by atoms with Gasteiger partial charge in [0.2, 0.25) is 0 Å². The lowest BCUT2D eigenvalue weighted by atomic mass is 9.96. The molecule has 0 amide bonds. The van der Waals surface area contributed by atoms with Crippen LogP contribution >= 0.6 is 0 Å². The maximum Gasteiger partial charge on any atom is 0.160 e. The van der Waals surface area contributed by atoms with E-state index in [0.717, 1.165) is 60.4 Å². The molecule has 7 nitrogen and oxygen atoms in total. The fourth-order valence-corrected chi connectivity index (χ4v) is 8.08. The Morgan fingerprint density at radius 3 is 1.59 bits per heavy atom. The van der Waals surface area contributed by atoms with Gasteiger partial charge in [0.05, 0.1) is 50.3 Å². The minimum atomic E-state index is 0.253. The van der Waals surface area contributed by atoms with E-state index >= 15 is 0 Å². The van der Waals surface area contributed by atoms with E-state index in [1.807, 2.05) is 109 Å². The summed E-state index contributed by atoms with van der Waals surface area (Å²) in [6, 6.07) is 60.9. The minimum absolute atomic E-state index is 0.253. The van der Waals surface area contributed by atoms with Crippen LogP contribution in [0.2, 0.25) is 0 Å². The average Bonchev–Trinajstić information content (AvgIpc) is 3.79. The number of para-hydroxylation sites is 3. The van der Waals surface area contributed by atoms with Gasteiger partial charge in [-0.25, -0.2) is 9.97 Å². The van der Waals surface area contributed by atoms with Crippen LogP contribution in [0.1, 0.15) is 16.7 Å². The fourth-order valence-electron chi connectivity index (χ4n) is 8.08. The highest BCUT2D eigenvalue weighted by molar-refractivity contribution is 6.26. The lowest BCUT2D eigenvalue weighted by Gasteiger charge is -2.16. The van der Waals surface area contributed by atoms with Gasteiger partial charge in [0, 0.05) is 43.9 Å². The van der Waals surface area contributed by atoms with Crippen molar-refractivity contribution in [3.05, 3.63) is 180 Å². The molecular formula is C49H27N7. The number of aromatic nitrogens is 4. The molecule has 0 N–H and O–H groups in total. The van der Waals surface area contributed by atoms with Crippen LogP contribution in [-0.4, -0.2) is 19.1 Å². The maximum atomic E-state index is 11.0. The number of nitriles is 3. The van der Waals surface area contributed by atoms with Crippen molar-refractivity contribution in [1.29, 1.82) is 15.8 Å². The highest BCUT2D eigenvalue weighted by atomic mass is 15.0. The Kier molecular flexibility index (Phi) is 7.49. The summed E-state index contributed by atoms with van der Waals surface area (Å²) in [6.45, 7) is 0. The molecule has 0 radical (unpaired) electrons. The normalized spacial score (nSPS) is 11.2. The molecule has 56 heavy (non-hydrogen) atoms. The quantitative estimate of drug-likeness (QED) is 0.176. The summed E-state index contributed by atoms with van der Waals surface area (Å²) >= 11 is 0. The summed E-state index contributed by atoms with van der Waals surface area (Å²) in [5.41, 5.74) is 8.93. The summed E-state index contributed by atoms with van der Waals surface area (Å²) in [6.07, 6.45) is 0. The van der Waals surface area contributed by atoms with Gasteiger partial charge in [0.1, 0.15) is 23.8 Å². The summed E-state index contributed by atoms with van der Waals surface area (Å²) in [4.78, 5) is 9.85. The van der Waals surface area contributed by atoms with Crippen LogP contribution < -0.4 is 0 Å². The monoisotopic (exact) mass is 713 g/mol. The first-order valence-electron chi connectivity index (χ1n) is 18.1. The second kappa shape index (κ2) is 13.0. The molecule has 0 saturated heterocycles. The molecule has 0 spiro atoms. The van der Waals surface area contributed by atoms with Gasteiger partial charge in [-0.1, -0.05) is 121 Å². The van der Waals surface area contributed by atoms with Crippen LogP contribution in [0, 0.1) is 34.0 Å². The van der Waals surface area contributed by atoms with Crippen LogP contribution in [0.4, 0.5) is 0 Å². The number of nitrogens with zero attached hydrogens (tertiary/aromatic N) is 7. The maximum absolute atomic E-state index is 11.0. The van der Waals surface area contributed by atoms with Crippen molar-refractivity contribution in [2.45, 2.75) is 0 Å². The van der Waals surface area contributed by atoms with Crippen molar-refractivity contribution in [3.63, 3.8) is 0 Å². The third-order valence-electron chi connectivity index (χ3n) is 10.4. The zero-order chi connectivity index (χ0) is 37.8. The van der Waals surface area contributed by atoms with Crippen LogP contribution in [0.15, 0.2) is 164 Å². The zero-order valence-electron chi connectivity index (χ0n) is 29.7. The van der Waals surface area contributed by atoms with Crippen molar-refractivity contribution in [3.8, 4) is 63.5 Å². The van der Waals surface area contributed by atoms with Gasteiger partial charge in [-0.3, -0.25) is 0 Å². The van der Waals surface area contributed by atoms with E-state index in [9.17, 15) is 15.8 Å². The van der Waals surface area contributed by atoms with Gasteiger partial charge < -0.3 is 9.13 Å². The van der Waals surface area contributed by atoms with Crippen LogP contribution in [0.3, 0.4) is 0 Å². The average molecular weight is 714 g/mol. The smallest absolute Gasteiger partial charge is 0.160 e. The van der Waals surface area contributed by atoms with Crippen LogP contribution in [-0.2, 0) is 0 Å². The van der Waals surface area contributed by atoms with Crippen molar-refractivity contribution in [2.24, 2.45) is 0 Å². The molecule has 0 saturated carbocycles. The summed E-state index contributed by atoms with van der Waals surface area (Å²) < 4.78 is 4.34. The summed E-state index contributed by atoms with van der Waals surface area (Å²) in [5.74, 6) is 0.430. The number of hydrogen-bond acceptors (Lipinski definition) is 5. The van der Waals surface area contributed by atoms with Crippen molar-refractivity contribution >= 4 is 43.6 Å². The Balaban J connectivity index is 1.31. The zero-order valence-corrected chi connectivity index (χ0v) is 29.7. The van der Waals surface area contributed by atoms with E-state index in [1.54, 1.807) is 12.1 Å². The Hall–Kier alpha value is -8.31. The van der Waals surface area contributed by atoms with E-state index < -0.39 is 0 Å². The van der Waals surface area contributed by atoms with Gasteiger partial charge in [0.25, 0.3) is 0 Å². The standard InChI is InChI=1S/C49H27N7/c50-28-34-26-33(46-40(30-52)45(31-14-4-1-5-15-31)53-49(54-46)32-16-6-2-7-17-32)27-35(29-51)47(34)56-41-22-12-10-20-37(41)38-24-25-43-44(48(38)56)39-21-11-13-23-42(39)55(43)36-18-8-3-9-19-36/h1-27H. The van der Waals surface area contributed by atoms with Gasteiger partial charge in [-0.15, -0.1) is 0 Å². The predicted octanol–water partition coefficient (Wildman–Crippen LogP) is 11.3. The molecule has 0 aliphatic carbocycles. The van der Waals surface area contributed by atoms with E-state index in [2.05, 4.69) is 69.8 Å². The molecule has 3 aromatic heterocycles. The molecule has 0 bridgehead atoms. The molecule has 3 heterocycles. The molecule has 258 valence electrons. The van der Waals surface area contributed by atoms with E-state index in [-0.39, 0.29) is 16.7 Å². The van der Waals surface area contributed by atoms with Gasteiger partial charge in [0.15, 0.2) is 5.82 Å². The topological polar surface area (TPSA) is 107 Å². The van der Waals surface area contributed by atoms with Crippen molar-refractivity contribution in [1.82, 2.24) is 19.1 Å². The summed E-state index contributed by atoms with van der Waals surface area (Å²) in [5, 5.41) is 36.8. The Labute approximate surface area is 321 Å². The van der Waals surface area contributed by atoms with Crippen LogP contribution in [0.25, 0.3) is 88.9 Å². The molecule has 0 unspecified atom stereocenters. The SMILES string of the molecule is N#Cc1cc(-c2nc(-c3ccccc3)nc(-c3ccccc3)c2C#N)cc(C#N)c1-n1c2ccccc2c2ccc3c(c4ccccc4n3-c3ccccc3)c21. The van der Waals surface area contributed by atoms with Gasteiger partial charge >= 0.3 is 0 Å². The summed E-state index contributed by atoms with van der Waals surface area (Å²) in [7, 11) is 0. The van der Waals surface area contributed by atoms with Gasteiger partial charge in [-0.05, 0) is 42.5 Å². The first-order chi connectivity index (χ1) is 27.7. The second-order valence-electron chi connectivity index (χ2n) is 13.5. The number of fused-ring (bicyclic) bond motifs is 7. The molecule has 7 heteroatoms. The van der Waals surface area contributed by atoms with E-state index in [4.69, 9.17) is 9.97 Å². The Morgan fingerprint density at radius 2 is 0.964 bits per heavy atom. The molecule has 0 aliphatic rings. The highest BCUT2D eigenvalue weighted by Gasteiger charge is 2.26. The Bertz CT molecular complexity index is 3290. The van der Waals surface area contributed by atoms with Crippen LogP contribution in [0.5, 0.6) is 0 Å². The third-order valence-corrected chi connectivity index (χ3v) is 10.4. The largest absolute Gasteiger partial charge is 0.309 e. The lowest BCUT2D eigenvalue weighted by molar-refractivity contribution is 1.15. The minimum Gasteiger partial charge on any atom is -0.309 e. The molecule has 10 aromatic rings. The molecule has 0 atom stereocenters. The lowest BCUT2D eigenvalue weighted by Crippen LogP contribution is -2.05. The molecule has 0 fully saturated rings. The molecular weight excluding hydrogens is 687 g/mol. The number of hydrogen-bond donors (Lipinski definition) is 0. The third kappa shape index (κ3) is 4.88. The van der Waals surface area contributed by atoms with Crippen molar-refractivity contribution < 1.29 is 0 Å². The number of rotatable bonds is 5.